The second kappa shape index (κ2) is 95.1. The van der Waals surface area contributed by atoms with Crippen LogP contribution in [0.15, 0.2) is 158 Å². The molecule has 10 heteroatoms. The number of aromatic nitrogens is 6. The van der Waals surface area contributed by atoms with Crippen LogP contribution in [0.5, 0.6) is 23.5 Å². The molecule has 0 fully saturated rings. The summed E-state index contributed by atoms with van der Waals surface area (Å²) >= 11 is 11.2. The summed E-state index contributed by atoms with van der Waals surface area (Å²) in [6.07, 6.45) is 0. The number of nitrogens with zero attached hydrogens (tertiary/aromatic N) is 6. The Hall–Kier alpha value is -5.70. The lowest BCUT2D eigenvalue weighted by Gasteiger charge is -2.08. The summed E-state index contributed by atoms with van der Waals surface area (Å²) < 4.78 is 11.1. The molecule has 0 radical (unpaired) electrons. The molecule has 5 aromatic carbocycles. The van der Waals surface area contributed by atoms with E-state index in [0.29, 0.717) is 23.1 Å². The van der Waals surface area contributed by atoms with Gasteiger partial charge in [-0.05, 0) is 47.5 Å². The van der Waals surface area contributed by atoms with Crippen molar-refractivity contribution in [3.8, 4) is 46.3 Å². The van der Waals surface area contributed by atoms with Gasteiger partial charge in [0.05, 0.1) is 0 Å². The molecule has 0 bridgehead atoms. The molecule has 0 saturated heterocycles. The smallest absolute Gasteiger partial charge is 0.327 e. The molecule has 7 aromatic rings. The van der Waals surface area contributed by atoms with E-state index in [1.165, 1.54) is 0 Å². The fraction of sp³-hybridized carbons (Fsp3) is 0.455. The van der Waals surface area contributed by atoms with Gasteiger partial charge in [0, 0.05) is 11.1 Å². The first-order valence-electron chi connectivity index (χ1n) is 29.0. The molecule has 436 valence electrons. The quantitative estimate of drug-likeness (QED) is 0.163. The molecule has 7 rings (SSSR count). The molecule has 0 aliphatic rings. The van der Waals surface area contributed by atoms with Crippen LogP contribution in [-0.2, 0) is 0 Å². The van der Waals surface area contributed by atoms with E-state index in [2.05, 4.69) is 29.9 Å². The van der Waals surface area contributed by atoms with Crippen LogP contribution >= 0.6 is 23.2 Å². The molecule has 76 heavy (non-hydrogen) atoms. The van der Waals surface area contributed by atoms with Crippen LogP contribution < -0.4 is 9.47 Å². The summed E-state index contributed by atoms with van der Waals surface area (Å²) in [4.78, 5) is 24.7. The number of rotatable bonds is 6. The van der Waals surface area contributed by atoms with Gasteiger partial charge >= 0.3 is 12.0 Å². The van der Waals surface area contributed by atoms with Crippen LogP contribution in [0.1, 0.15) is 208 Å². The number of hydrogen-bond donors (Lipinski definition) is 0. The van der Waals surface area contributed by atoms with Crippen molar-refractivity contribution in [1.29, 1.82) is 0 Å². The number of benzene rings is 5. The predicted molar refractivity (Wildman–Crippen MR) is 350 cm³/mol. The van der Waals surface area contributed by atoms with Crippen molar-refractivity contribution in [2.45, 2.75) is 208 Å². The minimum Gasteiger partial charge on any atom is -0.424 e. The van der Waals surface area contributed by atoms with Crippen LogP contribution in [0.2, 0.25) is 10.6 Å². The standard InChI is InChI=1S/C21H15N3O.C9H5Cl2N3O.C6H6.15C2H6/c1-4-10-16(11-5-1)19-22-20(17-12-6-2-7-13-17)24-21(23-19)25-18-14-8-3-9-15-18;10-7-12-8(11)14-9(13-7)15-6-4-2-1-3-5-6;1-2-4-6-5-3-1;15*1-2/h1-15H;1-5H;1-6H;15*1-2H3. The minimum atomic E-state index is 0.000862. The van der Waals surface area contributed by atoms with Gasteiger partial charge in [0.15, 0.2) is 11.6 Å². The number of para-hydroxylation sites is 2. The lowest BCUT2D eigenvalue weighted by atomic mass is 10.2. The summed E-state index contributed by atoms with van der Waals surface area (Å²) in [6.45, 7) is 60.0. The summed E-state index contributed by atoms with van der Waals surface area (Å²) in [5, 5.41) is 0.00172. The topological polar surface area (TPSA) is 95.8 Å². The van der Waals surface area contributed by atoms with Crippen LogP contribution in [0.3, 0.4) is 0 Å². The number of halogens is 2. The van der Waals surface area contributed by atoms with Crippen LogP contribution in [0.25, 0.3) is 22.8 Å². The van der Waals surface area contributed by atoms with Crippen LogP contribution in [0, 0.1) is 0 Å². The highest BCUT2D eigenvalue weighted by atomic mass is 35.5. The van der Waals surface area contributed by atoms with E-state index in [0.717, 1.165) is 11.1 Å². The average molecular weight is 1100 g/mol. The fourth-order valence-corrected chi connectivity index (χ4v) is 4.11. The van der Waals surface area contributed by atoms with Gasteiger partial charge in [-0.3, -0.25) is 0 Å². The molecule has 0 amide bonds. The minimum absolute atomic E-state index is 0.000862. The second-order valence-electron chi connectivity index (χ2n) is 9.14. The normalized spacial score (nSPS) is 7.21. The van der Waals surface area contributed by atoms with Crippen molar-refractivity contribution >= 4 is 23.2 Å². The summed E-state index contributed by atoms with van der Waals surface area (Å²) in [6, 6.07) is 50.6. The van der Waals surface area contributed by atoms with E-state index in [-0.39, 0.29) is 22.6 Å². The summed E-state index contributed by atoms with van der Waals surface area (Å²) in [5.74, 6) is 2.46. The molecular formula is C66H116Cl2N6O2. The first-order chi connectivity index (χ1) is 37.6. The van der Waals surface area contributed by atoms with Gasteiger partial charge in [-0.15, -0.1) is 0 Å². The lowest BCUT2D eigenvalue weighted by Crippen LogP contribution is -2.00. The van der Waals surface area contributed by atoms with E-state index in [4.69, 9.17) is 32.7 Å². The highest BCUT2D eigenvalue weighted by molar-refractivity contribution is 6.31. The van der Waals surface area contributed by atoms with Gasteiger partial charge in [-0.25, -0.2) is 4.98 Å². The molecule has 2 heterocycles. The van der Waals surface area contributed by atoms with E-state index in [1.807, 2.05) is 353 Å². The SMILES string of the molecule is CC.CC.CC.CC.CC.CC.CC.CC.CC.CC.CC.CC.CC.CC.CC.Clc1nc(Cl)nc(Oc2ccccc2)n1.c1ccc(Oc2nc(-c3ccccc3)nc(-c3ccccc3)n2)cc1.c1ccccc1. The van der Waals surface area contributed by atoms with Crippen molar-refractivity contribution in [2.75, 3.05) is 0 Å². The molecule has 0 atom stereocenters. The Morgan fingerprint density at radius 1 is 0.224 bits per heavy atom. The highest BCUT2D eigenvalue weighted by Crippen LogP contribution is 2.25. The van der Waals surface area contributed by atoms with Crippen molar-refractivity contribution in [1.82, 2.24) is 29.9 Å². The van der Waals surface area contributed by atoms with E-state index in [9.17, 15) is 0 Å². The summed E-state index contributed by atoms with van der Waals surface area (Å²) in [5.41, 5.74) is 1.83. The fourth-order valence-electron chi connectivity index (χ4n) is 3.76. The van der Waals surface area contributed by atoms with Crippen molar-refractivity contribution in [3.63, 3.8) is 0 Å². The third-order valence-corrected chi connectivity index (χ3v) is 6.15. The van der Waals surface area contributed by atoms with E-state index >= 15 is 0 Å². The number of ether oxygens (including phenoxy) is 2. The van der Waals surface area contributed by atoms with Crippen LogP contribution in [0.4, 0.5) is 0 Å². The monoisotopic (exact) mass is 1090 g/mol. The van der Waals surface area contributed by atoms with Crippen LogP contribution in [-0.4, -0.2) is 29.9 Å². The average Bonchev–Trinajstić information content (AvgIpc) is 3.56. The maximum Gasteiger partial charge on any atom is 0.327 e. The Morgan fingerprint density at radius 2 is 0.408 bits per heavy atom. The second-order valence-corrected chi connectivity index (χ2v) is 9.81. The molecule has 0 N–H and O–H groups in total. The van der Waals surface area contributed by atoms with Gasteiger partial charge in [0.1, 0.15) is 11.5 Å². The van der Waals surface area contributed by atoms with Gasteiger partial charge in [0.25, 0.3) is 0 Å². The van der Waals surface area contributed by atoms with Crippen molar-refractivity contribution in [3.05, 3.63) is 168 Å². The zero-order valence-electron chi connectivity index (χ0n) is 54.3. The Bertz CT molecular complexity index is 1810. The molecule has 8 nitrogen and oxygen atoms in total. The highest BCUT2D eigenvalue weighted by Gasteiger charge is 2.12. The Balaban J connectivity index is -0.0000000794. The van der Waals surface area contributed by atoms with Gasteiger partial charge in [-0.1, -0.05) is 341 Å². The van der Waals surface area contributed by atoms with Gasteiger partial charge in [-0.2, -0.15) is 24.9 Å². The maximum atomic E-state index is 5.84. The molecule has 0 aliphatic heterocycles. The first-order valence-corrected chi connectivity index (χ1v) is 29.8. The predicted octanol–water partition coefficient (Wildman–Crippen LogP) is 25.0. The summed E-state index contributed by atoms with van der Waals surface area (Å²) in [7, 11) is 0. The number of hydrogen-bond acceptors (Lipinski definition) is 8. The third kappa shape index (κ3) is 59.2. The van der Waals surface area contributed by atoms with Crippen molar-refractivity contribution in [2.24, 2.45) is 0 Å². The third-order valence-electron chi connectivity index (χ3n) is 5.81. The molecule has 2 aromatic heterocycles. The molecule has 0 spiro atoms. The lowest BCUT2D eigenvalue weighted by molar-refractivity contribution is 0.439. The molecular weight excluding hydrogens is 980 g/mol. The Labute approximate surface area is 482 Å². The first kappa shape index (κ1) is 96.0. The maximum absolute atomic E-state index is 5.84. The zero-order chi connectivity index (χ0) is 61.8. The largest absolute Gasteiger partial charge is 0.424 e. The molecule has 0 unspecified atom stereocenters. The van der Waals surface area contributed by atoms with E-state index < -0.39 is 0 Å². The Kier molecular flexibility index (Phi) is 120. The van der Waals surface area contributed by atoms with Gasteiger partial charge < -0.3 is 9.47 Å². The van der Waals surface area contributed by atoms with E-state index in [1.54, 1.807) is 12.1 Å². The molecule has 0 aliphatic carbocycles. The van der Waals surface area contributed by atoms with Gasteiger partial charge in [0.2, 0.25) is 10.6 Å². The molecule has 0 saturated carbocycles. The van der Waals surface area contributed by atoms with Crippen molar-refractivity contribution < 1.29 is 9.47 Å². The Morgan fingerprint density at radius 3 is 0.632 bits per heavy atom. The zero-order valence-corrected chi connectivity index (χ0v) is 55.8.